The number of hydrogen-bond donors (Lipinski definition) is 2. The molecule has 1 aromatic carbocycles. The van der Waals surface area contributed by atoms with E-state index in [-0.39, 0.29) is 0 Å². The predicted molar refractivity (Wildman–Crippen MR) is 86.9 cm³/mol. The van der Waals surface area contributed by atoms with Gasteiger partial charge >= 0.3 is 5.97 Å². The van der Waals surface area contributed by atoms with E-state index in [2.05, 4.69) is 20.4 Å². The highest BCUT2D eigenvalue weighted by molar-refractivity contribution is 7.15. The van der Waals surface area contributed by atoms with E-state index in [1.807, 2.05) is 13.0 Å². The van der Waals surface area contributed by atoms with Crippen LogP contribution in [0.5, 0.6) is 0 Å². The molecule has 1 aliphatic rings. The third kappa shape index (κ3) is 3.36. The fraction of sp³-hybridized carbons (Fsp3) is 0.400. The van der Waals surface area contributed by atoms with Gasteiger partial charge in [0.2, 0.25) is 5.13 Å². The lowest BCUT2D eigenvalue weighted by atomic mass is 10.0. The van der Waals surface area contributed by atoms with Gasteiger partial charge in [-0.1, -0.05) is 17.4 Å². The minimum atomic E-state index is -0.898. The van der Waals surface area contributed by atoms with Gasteiger partial charge in [-0.3, -0.25) is 0 Å². The summed E-state index contributed by atoms with van der Waals surface area (Å²) in [4.78, 5) is 13.3. The van der Waals surface area contributed by atoms with Gasteiger partial charge in [-0.15, -0.1) is 10.2 Å². The van der Waals surface area contributed by atoms with Crippen LogP contribution in [0.3, 0.4) is 0 Å². The second-order valence-electron chi connectivity index (χ2n) is 5.40. The number of nitrogens with one attached hydrogen (secondary N) is 1. The molecule has 0 unspecified atom stereocenters. The van der Waals surface area contributed by atoms with Crippen LogP contribution in [0.15, 0.2) is 24.3 Å². The Morgan fingerprint density at radius 3 is 2.77 bits per heavy atom. The maximum absolute atomic E-state index is 11.0. The monoisotopic (exact) mass is 318 g/mol. The Morgan fingerprint density at radius 1 is 1.36 bits per heavy atom. The van der Waals surface area contributed by atoms with Gasteiger partial charge in [-0.05, 0) is 38.0 Å². The fourth-order valence-electron chi connectivity index (χ4n) is 2.61. The highest BCUT2D eigenvalue weighted by atomic mass is 32.1. The minimum Gasteiger partial charge on any atom is -0.478 e. The molecule has 22 heavy (non-hydrogen) atoms. The first-order chi connectivity index (χ1) is 10.6. The number of nitrogens with zero attached hydrogens (tertiary/aromatic N) is 3. The van der Waals surface area contributed by atoms with Gasteiger partial charge < -0.3 is 15.3 Å². The van der Waals surface area contributed by atoms with Crippen molar-refractivity contribution >= 4 is 28.1 Å². The highest BCUT2D eigenvalue weighted by Crippen LogP contribution is 2.24. The first-order valence-electron chi connectivity index (χ1n) is 7.27. The molecule has 6 nitrogen and oxygen atoms in total. The van der Waals surface area contributed by atoms with Gasteiger partial charge in [0.1, 0.15) is 5.01 Å². The molecule has 0 aliphatic carbocycles. The van der Waals surface area contributed by atoms with Crippen molar-refractivity contribution < 1.29 is 9.90 Å². The number of carboxylic acids is 1. The summed E-state index contributed by atoms with van der Waals surface area (Å²) in [5.41, 5.74) is 1.18. The Bertz CT molecular complexity index is 665. The molecule has 0 saturated carbocycles. The Morgan fingerprint density at radius 2 is 2.14 bits per heavy atom. The smallest absolute Gasteiger partial charge is 0.335 e. The topological polar surface area (TPSA) is 78.4 Å². The van der Waals surface area contributed by atoms with Gasteiger partial charge in [0, 0.05) is 24.8 Å². The molecular weight excluding hydrogens is 300 g/mol. The number of hydrogen-bond acceptors (Lipinski definition) is 6. The van der Waals surface area contributed by atoms with E-state index in [1.54, 1.807) is 29.5 Å². The van der Waals surface area contributed by atoms with Crippen molar-refractivity contribution in [3.05, 3.63) is 34.8 Å². The van der Waals surface area contributed by atoms with Crippen molar-refractivity contribution in [2.24, 2.45) is 0 Å². The molecule has 2 N–H and O–H groups in total. The zero-order valence-corrected chi connectivity index (χ0v) is 13.1. The molecule has 0 atom stereocenters. The van der Waals surface area contributed by atoms with E-state index in [1.165, 1.54) is 0 Å². The summed E-state index contributed by atoms with van der Waals surface area (Å²) >= 11 is 1.62. The zero-order valence-electron chi connectivity index (χ0n) is 12.3. The Labute approximate surface area is 132 Å². The zero-order chi connectivity index (χ0) is 15.5. The van der Waals surface area contributed by atoms with Crippen molar-refractivity contribution in [1.29, 1.82) is 0 Å². The molecule has 3 rings (SSSR count). The number of carbonyl (C=O) groups is 1. The van der Waals surface area contributed by atoms with Crippen molar-refractivity contribution in [2.45, 2.75) is 25.8 Å². The maximum atomic E-state index is 11.0. The number of rotatable bonds is 4. The summed E-state index contributed by atoms with van der Waals surface area (Å²) in [7, 11) is 0. The van der Waals surface area contributed by atoms with Gasteiger partial charge in [-0.25, -0.2) is 4.79 Å². The summed E-state index contributed by atoms with van der Waals surface area (Å²) < 4.78 is 0. The predicted octanol–water partition coefficient (Wildman–Crippen LogP) is 2.63. The normalized spacial score (nSPS) is 15.8. The lowest BCUT2D eigenvalue weighted by Gasteiger charge is -2.32. The number of aromatic nitrogens is 2. The summed E-state index contributed by atoms with van der Waals surface area (Å²) in [6.07, 6.45) is 1.99. The van der Waals surface area contributed by atoms with Crippen LogP contribution in [0.1, 0.15) is 28.2 Å². The Hall–Kier alpha value is -2.15. The number of aromatic carboxylic acids is 1. The molecule has 116 valence electrons. The molecule has 2 heterocycles. The van der Waals surface area contributed by atoms with E-state index in [0.29, 0.717) is 11.6 Å². The molecule has 0 radical (unpaired) electrons. The standard InChI is InChI=1S/C15H18N4O2S/c1-10-17-18-15(22-10)19-7-5-12(6-8-19)16-13-4-2-3-11(9-13)14(20)21/h2-4,9,12,16H,5-8H2,1H3,(H,20,21). The van der Waals surface area contributed by atoms with E-state index in [4.69, 9.17) is 5.11 Å². The van der Waals surface area contributed by atoms with E-state index in [0.717, 1.165) is 41.8 Å². The summed E-state index contributed by atoms with van der Waals surface area (Å²) in [5.74, 6) is -0.898. The largest absolute Gasteiger partial charge is 0.478 e. The lowest BCUT2D eigenvalue weighted by molar-refractivity contribution is 0.0697. The first-order valence-corrected chi connectivity index (χ1v) is 8.08. The van der Waals surface area contributed by atoms with Gasteiger partial charge in [0.05, 0.1) is 5.56 Å². The second kappa shape index (κ2) is 6.31. The van der Waals surface area contributed by atoms with Gasteiger partial charge in [0.15, 0.2) is 0 Å². The molecule has 7 heteroatoms. The van der Waals surface area contributed by atoms with Gasteiger partial charge in [0.25, 0.3) is 0 Å². The van der Waals surface area contributed by atoms with Crippen LogP contribution in [0.2, 0.25) is 0 Å². The number of aryl methyl sites for hydroxylation is 1. The SMILES string of the molecule is Cc1nnc(N2CCC(Nc3cccc(C(=O)O)c3)CC2)s1. The minimum absolute atomic E-state index is 0.312. The van der Waals surface area contributed by atoms with Crippen LogP contribution in [0, 0.1) is 6.92 Å². The average molecular weight is 318 g/mol. The third-order valence-electron chi connectivity index (χ3n) is 3.76. The lowest BCUT2D eigenvalue weighted by Crippen LogP contribution is -2.39. The van der Waals surface area contributed by atoms with E-state index < -0.39 is 5.97 Å². The van der Waals surface area contributed by atoms with Crippen molar-refractivity contribution in [1.82, 2.24) is 10.2 Å². The van der Waals surface area contributed by atoms with Crippen LogP contribution in [-0.2, 0) is 0 Å². The molecular formula is C15H18N4O2S. The van der Waals surface area contributed by atoms with Crippen LogP contribution >= 0.6 is 11.3 Å². The molecule has 0 amide bonds. The van der Waals surface area contributed by atoms with Crippen molar-refractivity contribution in [3.8, 4) is 0 Å². The number of carboxylic acid groups (broad SMARTS) is 1. The summed E-state index contributed by atoms with van der Waals surface area (Å²) in [6, 6.07) is 7.32. The third-order valence-corrected chi connectivity index (χ3v) is 4.66. The van der Waals surface area contributed by atoms with Crippen LogP contribution < -0.4 is 10.2 Å². The molecule has 1 aliphatic heterocycles. The number of piperidine rings is 1. The molecule has 1 saturated heterocycles. The van der Waals surface area contributed by atoms with Crippen molar-refractivity contribution in [2.75, 3.05) is 23.3 Å². The average Bonchev–Trinajstić information content (AvgIpc) is 2.95. The summed E-state index contributed by atoms with van der Waals surface area (Å²) in [6.45, 7) is 3.83. The van der Waals surface area contributed by atoms with E-state index in [9.17, 15) is 4.79 Å². The second-order valence-corrected chi connectivity index (χ2v) is 6.56. The van der Waals surface area contributed by atoms with Gasteiger partial charge in [-0.2, -0.15) is 0 Å². The van der Waals surface area contributed by atoms with Crippen molar-refractivity contribution in [3.63, 3.8) is 0 Å². The molecule has 0 bridgehead atoms. The molecule has 2 aromatic rings. The number of benzene rings is 1. The van der Waals surface area contributed by atoms with Crippen LogP contribution in [0.25, 0.3) is 0 Å². The van der Waals surface area contributed by atoms with E-state index >= 15 is 0 Å². The highest BCUT2D eigenvalue weighted by Gasteiger charge is 2.21. The van der Waals surface area contributed by atoms with Crippen LogP contribution in [0.4, 0.5) is 10.8 Å². The Kier molecular flexibility index (Phi) is 4.24. The quantitative estimate of drug-likeness (QED) is 0.902. The number of anilines is 2. The molecule has 1 fully saturated rings. The Balaban J connectivity index is 1.58. The van der Waals surface area contributed by atoms with Crippen LogP contribution in [-0.4, -0.2) is 40.4 Å². The fourth-order valence-corrected chi connectivity index (χ4v) is 3.35. The molecule has 1 aromatic heterocycles. The maximum Gasteiger partial charge on any atom is 0.335 e. The molecule has 0 spiro atoms. The summed E-state index contributed by atoms with van der Waals surface area (Å²) in [5, 5.41) is 22.7. The first kappa shape index (κ1) is 14.8.